The van der Waals surface area contributed by atoms with E-state index in [0.717, 1.165) is 16.1 Å². The summed E-state index contributed by atoms with van der Waals surface area (Å²) in [5.74, 6) is 0.186. The van der Waals surface area contributed by atoms with E-state index in [1.54, 1.807) is 37.0 Å². The molecule has 0 unspecified atom stereocenters. The van der Waals surface area contributed by atoms with Crippen LogP contribution in [-0.2, 0) is 16.0 Å². The highest BCUT2D eigenvalue weighted by Gasteiger charge is 2.32. The second-order valence-electron chi connectivity index (χ2n) is 6.01. The molecule has 5 nitrogen and oxygen atoms in total. The predicted molar refractivity (Wildman–Crippen MR) is 104 cm³/mol. The fraction of sp³-hybridized carbons (Fsp3) is 0.263. The molecule has 0 fully saturated rings. The lowest BCUT2D eigenvalue weighted by molar-refractivity contribution is -0.139. The maximum atomic E-state index is 12.6. The van der Waals surface area contributed by atoms with Crippen LogP contribution < -0.4 is 10.1 Å². The van der Waals surface area contributed by atoms with Crippen molar-refractivity contribution in [1.82, 2.24) is 4.90 Å². The molecule has 2 aromatic carbocycles. The number of ether oxygens (including phenoxy) is 1. The minimum Gasteiger partial charge on any atom is -0.480 e. The summed E-state index contributed by atoms with van der Waals surface area (Å²) in [6.45, 7) is -0.0431. The first-order valence-corrected chi connectivity index (χ1v) is 9.71. The molecule has 1 aliphatic rings. The van der Waals surface area contributed by atoms with E-state index in [1.807, 2.05) is 30.5 Å². The molecule has 7 heteroatoms. The number of benzene rings is 2. The Morgan fingerprint density at radius 2 is 2.08 bits per heavy atom. The maximum Gasteiger partial charge on any atom is 0.264 e. The highest BCUT2D eigenvalue weighted by atomic mass is 35.5. The van der Waals surface area contributed by atoms with E-state index in [1.165, 1.54) is 4.90 Å². The number of rotatable bonds is 5. The average Bonchev–Trinajstić information content (AvgIpc) is 3.04. The molecule has 0 bridgehead atoms. The van der Waals surface area contributed by atoms with Crippen molar-refractivity contribution in [3.63, 3.8) is 0 Å². The van der Waals surface area contributed by atoms with E-state index in [4.69, 9.17) is 16.3 Å². The number of anilines is 1. The van der Waals surface area contributed by atoms with Crippen LogP contribution in [0, 0.1) is 0 Å². The Balaban J connectivity index is 1.59. The van der Waals surface area contributed by atoms with Gasteiger partial charge >= 0.3 is 0 Å². The van der Waals surface area contributed by atoms with Crippen LogP contribution >= 0.6 is 23.4 Å². The summed E-state index contributed by atoms with van der Waals surface area (Å²) in [5.41, 5.74) is 1.65. The van der Waals surface area contributed by atoms with Crippen molar-refractivity contribution in [2.45, 2.75) is 17.4 Å². The first kappa shape index (κ1) is 18.6. The van der Waals surface area contributed by atoms with Gasteiger partial charge in [-0.3, -0.25) is 9.59 Å². The molecule has 136 valence electrons. The number of carbonyl (C=O) groups is 2. The van der Waals surface area contributed by atoms with Crippen LogP contribution in [0.15, 0.2) is 47.4 Å². The van der Waals surface area contributed by atoms with Crippen LogP contribution in [0.3, 0.4) is 0 Å². The minimum absolute atomic E-state index is 0.0431. The second-order valence-corrected chi connectivity index (χ2v) is 7.29. The Bertz CT molecular complexity index is 843. The van der Waals surface area contributed by atoms with Crippen LogP contribution in [0.4, 0.5) is 5.69 Å². The van der Waals surface area contributed by atoms with Gasteiger partial charge in [0.2, 0.25) is 5.91 Å². The molecule has 0 aliphatic carbocycles. The number of carbonyl (C=O) groups excluding carboxylic acids is 2. The summed E-state index contributed by atoms with van der Waals surface area (Å²) in [7, 11) is 1.60. The van der Waals surface area contributed by atoms with Crippen molar-refractivity contribution < 1.29 is 14.3 Å². The first-order valence-electron chi connectivity index (χ1n) is 8.11. The number of para-hydroxylation sites is 1. The van der Waals surface area contributed by atoms with Crippen LogP contribution in [0.25, 0.3) is 0 Å². The lowest BCUT2D eigenvalue weighted by atomic mass is 10.1. The zero-order chi connectivity index (χ0) is 18.7. The summed E-state index contributed by atoms with van der Waals surface area (Å²) in [5, 5.41) is 3.46. The molecular weight excluding hydrogens is 372 g/mol. The van der Waals surface area contributed by atoms with Gasteiger partial charge in [-0.1, -0.05) is 23.7 Å². The summed E-state index contributed by atoms with van der Waals surface area (Å²) in [4.78, 5) is 27.3. The first-order chi connectivity index (χ1) is 12.5. The number of likely N-dealkylation sites (N-methyl/N-ethyl adjacent to an activating group) is 1. The largest absolute Gasteiger partial charge is 0.480 e. The van der Waals surface area contributed by atoms with Gasteiger partial charge < -0.3 is 15.0 Å². The van der Waals surface area contributed by atoms with Gasteiger partial charge in [0, 0.05) is 23.4 Å². The van der Waals surface area contributed by atoms with E-state index in [0.29, 0.717) is 17.2 Å². The molecule has 0 saturated carbocycles. The van der Waals surface area contributed by atoms with Crippen molar-refractivity contribution in [1.29, 1.82) is 0 Å². The van der Waals surface area contributed by atoms with Crippen LogP contribution in [0.1, 0.15) is 5.56 Å². The van der Waals surface area contributed by atoms with E-state index < -0.39 is 6.10 Å². The minimum atomic E-state index is -0.625. The average molecular weight is 391 g/mol. The molecule has 2 amide bonds. The topological polar surface area (TPSA) is 58.6 Å². The number of nitrogens with zero attached hydrogens (tertiary/aromatic N) is 1. The fourth-order valence-electron chi connectivity index (χ4n) is 2.83. The molecule has 1 atom stereocenters. The SMILES string of the molecule is CSc1ccccc1NC(=O)CN(C)C(=O)[C@@H]1Cc2cc(Cl)ccc2O1. The number of thioether (sulfide) groups is 1. The second kappa shape index (κ2) is 8.01. The number of nitrogens with one attached hydrogen (secondary N) is 1. The molecule has 1 heterocycles. The van der Waals surface area contributed by atoms with E-state index in [-0.39, 0.29) is 18.4 Å². The van der Waals surface area contributed by atoms with E-state index in [9.17, 15) is 9.59 Å². The quantitative estimate of drug-likeness (QED) is 0.794. The van der Waals surface area contributed by atoms with Crippen LogP contribution in [0.5, 0.6) is 5.75 Å². The van der Waals surface area contributed by atoms with Gasteiger partial charge in [-0.25, -0.2) is 0 Å². The third-order valence-corrected chi connectivity index (χ3v) is 5.14. The number of hydrogen-bond donors (Lipinski definition) is 1. The molecular formula is C19H19ClN2O3S. The van der Waals surface area contributed by atoms with Gasteiger partial charge in [0.25, 0.3) is 5.91 Å². The predicted octanol–water partition coefficient (Wildman–Crippen LogP) is 3.46. The van der Waals surface area contributed by atoms with Gasteiger partial charge in [0.1, 0.15) is 5.75 Å². The van der Waals surface area contributed by atoms with Crippen molar-refractivity contribution in [2.75, 3.05) is 25.2 Å². The summed E-state index contributed by atoms with van der Waals surface area (Å²) in [6.07, 6.45) is 1.78. The van der Waals surface area contributed by atoms with Gasteiger partial charge in [0.15, 0.2) is 6.10 Å². The lowest BCUT2D eigenvalue weighted by Gasteiger charge is -2.20. The molecule has 0 spiro atoms. The third-order valence-electron chi connectivity index (χ3n) is 4.11. The van der Waals surface area contributed by atoms with Gasteiger partial charge in [-0.2, -0.15) is 0 Å². The monoisotopic (exact) mass is 390 g/mol. The molecule has 2 aromatic rings. The van der Waals surface area contributed by atoms with Crippen molar-refractivity contribution in [3.8, 4) is 5.75 Å². The Kier molecular flexibility index (Phi) is 5.74. The molecule has 1 aliphatic heterocycles. The van der Waals surface area contributed by atoms with E-state index in [2.05, 4.69) is 5.32 Å². The highest BCUT2D eigenvalue weighted by molar-refractivity contribution is 7.98. The number of hydrogen-bond acceptors (Lipinski definition) is 4. The molecule has 0 radical (unpaired) electrons. The highest BCUT2D eigenvalue weighted by Crippen LogP contribution is 2.31. The van der Waals surface area contributed by atoms with Gasteiger partial charge in [-0.15, -0.1) is 11.8 Å². The molecule has 0 saturated heterocycles. The standard InChI is InChI=1S/C19H19ClN2O3S/c1-22(11-18(23)21-14-5-3-4-6-17(14)26-2)19(24)16-10-12-9-13(20)7-8-15(12)25-16/h3-9,16H,10-11H2,1-2H3,(H,21,23)/t16-/m0/s1. The summed E-state index contributed by atoms with van der Waals surface area (Å²) in [6, 6.07) is 12.8. The van der Waals surface area contributed by atoms with E-state index >= 15 is 0 Å². The number of fused-ring (bicyclic) bond motifs is 1. The number of halogens is 1. The van der Waals surface area contributed by atoms with Crippen molar-refractivity contribution in [2.24, 2.45) is 0 Å². The Morgan fingerprint density at radius 1 is 1.31 bits per heavy atom. The summed E-state index contributed by atoms with van der Waals surface area (Å²) >= 11 is 7.53. The Hall–Kier alpha value is -2.18. The molecule has 0 aromatic heterocycles. The van der Waals surface area contributed by atoms with Crippen LogP contribution in [-0.4, -0.2) is 42.7 Å². The zero-order valence-electron chi connectivity index (χ0n) is 14.5. The molecule has 1 N–H and O–H groups in total. The van der Waals surface area contributed by atoms with Gasteiger partial charge in [-0.05, 0) is 42.2 Å². The Labute approximate surface area is 161 Å². The third kappa shape index (κ3) is 4.14. The lowest BCUT2D eigenvalue weighted by Crippen LogP contribution is -2.42. The smallest absolute Gasteiger partial charge is 0.264 e. The molecule has 3 rings (SSSR count). The summed E-state index contributed by atoms with van der Waals surface area (Å²) < 4.78 is 5.70. The van der Waals surface area contributed by atoms with Crippen molar-refractivity contribution in [3.05, 3.63) is 53.1 Å². The number of amides is 2. The zero-order valence-corrected chi connectivity index (χ0v) is 16.1. The maximum absolute atomic E-state index is 12.6. The fourth-order valence-corrected chi connectivity index (χ4v) is 3.58. The van der Waals surface area contributed by atoms with Gasteiger partial charge in [0.05, 0.1) is 12.2 Å². The molecule has 26 heavy (non-hydrogen) atoms. The normalized spacial score (nSPS) is 15.1. The van der Waals surface area contributed by atoms with Crippen molar-refractivity contribution >= 4 is 40.9 Å². The van der Waals surface area contributed by atoms with Crippen LogP contribution in [0.2, 0.25) is 5.02 Å². The Morgan fingerprint density at radius 3 is 2.85 bits per heavy atom.